The molecule has 7 heteroatoms. The summed E-state index contributed by atoms with van der Waals surface area (Å²) in [5.41, 5.74) is 1.89. The number of carbonyl (C=O) groups is 2. The maximum absolute atomic E-state index is 12.2. The highest BCUT2D eigenvalue weighted by molar-refractivity contribution is 6.01. The lowest BCUT2D eigenvalue weighted by molar-refractivity contribution is -0.136. The third-order valence-corrected chi connectivity index (χ3v) is 3.26. The van der Waals surface area contributed by atoms with Crippen molar-refractivity contribution in [2.45, 2.75) is 6.42 Å². The molecule has 0 radical (unpaired) electrons. The minimum Gasteiger partial charge on any atom is -0.481 e. The summed E-state index contributed by atoms with van der Waals surface area (Å²) in [6, 6.07) is 16.0. The Balaban J connectivity index is 1.74. The van der Waals surface area contributed by atoms with Gasteiger partial charge in [-0.25, -0.2) is 9.67 Å². The Labute approximate surface area is 137 Å². The van der Waals surface area contributed by atoms with Gasteiger partial charge in [0.25, 0.3) is 5.91 Å². The molecule has 1 aromatic heterocycles. The molecular weight excluding hydrogens is 308 g/mol. The summed E-state index contributed by atoms with van der Waals surface area (Å²) >= 11 is 0. The molecule has 7 nitrogen and oxygen atoms in total. The second-order valence-electron chi connectivity index (χ2n) is 5.07. The fourth-order valence-corrected chi connectivity index (χ4v) is 2.19. The van der Waals surface area contributed by atoms with E-state index in [9.17, 15) is 9.59 Å². The predicted octanol–water partition coefficient (Wildman–Crippen LogP) is 2.15. The minimum atomic E-state index is -0.929. The van der Waals surface area contributed by atoms with Gasteiger partial charge in [0, 0.05) is 5.69 Å². The Morgan fingerprint density at radius 1 is 1.08 bits per heavy atom. The third-order valence-electron chi connectivity index (χ3n) is 3.26. The van der Waals surface area contributed by atoms with Gasteiger partial charge in [0.15, 0.2) is 0 Å². The summed E-state index contributed by atoms with van der Waals surface area (Å²) < 4.78 is 1.51. The molecule has 0 bridgehead atoms. The van der Waals surface area contributed by atoms with E-state index >= 15 is 0 Å². The van der Waals surface area contributed by atoms with E-state index in [4.69, 9.17) is 5.11 Å². The first-order chi connectivity index (χ1) is 11.6. The van der Waals surface area contributed by atoms with Crippen molar-refractivity contribution in [1.29, 1.82) is 0 Å². The maximum atomic E-state index is 12.2. The summed E-state index contributed by atoms with van der Waals surface area (Å²) in [5.74, 6) is -1.36. The van der Waals surface area contributed by atoms with Crippen molar-refractivity contribution in [1.82, 2.24) is 14.8 Å². The average molecular weight is 322 g/mol. The third kappa shape index (κ3) is 3.64. The normalized spacial score (nSPS) is 10.3. The average Bonchev–Trinajstić information content (AvgIpc) is 3.05. The highest BCUT2D eigenvalue weighted by Gasteiger charge is 2.13. The number of anilines is 1. The molecule has 0 aliphatic heterocycles. The van der Waals surface area contributed by atoms with Gasteiger partial charge in [-0.1, -0.05) is 30.3 Å². The van der Waals surface area contributed by atoms with E-state index in [0.717, 1.165) is 5.69 Å². The zero-order chi connectivity index (χ0) is 16.9. The quantitative estimate of drug-likeness (QED) is 0.750. The van der Waals surface area contributed by atoms with Gasteiger partial charge in [-0.3, -0.25) is 9.59 Å². The van der Waals surface area contributed by atoms with Gasteiger partial charge >= 0.3 is 5.97 Å². The molecule has 0 saturated heterocycles. The van der Waals surface area contributed by atoms with Crippen LogP contribution in [0.3, 0.4) is 0 Å². The van der Waals surface area contributed by atoms with Gasteiger partial charge in [-0.05, 0) is 29.8 Å². The number of aliphatic carboxylic acids is 1. The molecule has 0 fully saturated rings. The molecule has 0 unspecified atom stereocenters. The fourth-order valence-electron chi connectivity index (χ4n) is 2.19. The van der Waals surface area contributed by atoms with Crippen molar-refractivity contribution < 1.29 is 14.7 Å². The van der Waals surface area contributed by atoms with E-state index in [1.807, 2.05) is 30.3 Å². The highest BCUT2D eigenvalue weighted by Crippen LogP contribution is 2.12. The summed E-state index contributed by atoms with van der Waals surface area (Å²) in [6.45, 7) is 0. The minimum absolute atomic E-state index is 0.0301. The summed E-state index contributed by atoms with van der Waals surface area (Å²) in [6.07, 6.45) is 1.36. The Hall–Kier alpha value is -3.48. The molecule has 0 spiro atoms. The smallest absolute Gasteiger partial charge is 0.307 e. The molecular formula is C17H14N4O3. The summed E-state index contributed by atoms with van der Waals surface area (Å²) in [4.78, 5) is 27.0. The Bertz CT molecular complexity index is 874. The van der Waals surface area contributed by atoms with Crippen molar-refractivity contribution in [2.24, 2.45) is 0 Å². The Morgan fingerprint density at radius 3 is 2.62 bits per heavy atom. The zero-order valence-electron chi connectivity index (χ0n) is 12.6. The molecule has 120 valence electrons. The standard InChI is InChI=1S/C17H14N4O3/c22-15(23)10-12-5-4-6-13(9-12)19-17(24)16-18-11-21(20-16)14-7-2-1-3-8-14/h1-9,11H,10H2,(H,19,24)(H,22,23). The number of hydrogen-bond donors (Lipinski definition) is 2. The topological polar surface area (TPSA) is 97.1 Å². The van der Waals surface area contributed by atoms with Gasteiger partial charge in [0.05, 0.1) is 12.1 Å². The number of carboxylic acids is 1. The molecule has 1 heterocycles. The largest absolute Gasteiger partial charge is 0.481 e. The number of nitrogens with one attached hydrogen (secondary N) is 1. The molecule has 0 aliphatic rings. The van der Waals surface area contributed by atoms with E-state index in [1.54, 1.807) is 24.3 Å². The number of nitrogens with zero attached hydrogens (tertiary/aromatic N) is 3. The van der Waals surface area contributed by atoms with Crippen LogP contribution < -0.4 is 5.32 Å². The fraction of sp³-hybridized carbons (Fsp3) is 0.0588. The van der Waals surface area contributed by atoms with Crippen LogP contribution in [-0.2, 0) is 11.2 Å². The van der Waals surface area contributed by atoms with Gasteiger partial charge in [0.1, 0.15) is 6.33 Å². The second kappa shape index (κ2) is 6.74. The van der Waals surface area contributed by atoms with Gasteiger partial charge in [0.2, 0.25) is 5.82 Å². The van der Waals surface area contributed by atoms with Crippen LogP contribution in [0.4, 0.5) is 5.69 Å². The SMILES string of the molecule is O=C(O)Cc1cccc(NC(=O)c2ncn(-c3ccccc3)n2)c1. The molecule has 0 atom stereocenters. The number of benzene rings is 2. The monoisotopic (exact) mass is 322 g/mol. The van der Waals surface area contributed by atoms with Crippen LogP contribution in [0.5, 0.6) is 0 Å². The number of amides is 1. The molecule has 3 aromatic rings. The van der Waals surface area contributed by atoms with Crippen LogP contribution in [0.1, 0.15) is 16.2 Å². The molecule has 3 rings (SSSR count). The van der Waals surface area contributed by atoms with Crippen LogP contribution in [0.2, 0.25) is 0 Å². The Kier molecular flexibility index (Phi) is 4.33. The van der Waals surface area contributed by atoms with Crippen molar-refractivity contribution >= 4 is 17.6 Å². The van der Waals surface area contributed by atoms with Crippen molar-refractivity contribution in [2.75, 3.05) is 5.32 Å². The zero-order valence-corrected chi connectivity index (χ0v) is 12.6. The first kappa shape index (κ1) is 15.4. The van der Waals surface area contributed by atoms with E-state index in [-0.39, 0.29) is 12.2 Å². The Morgan fingerprint density at radius 2 is 1.88 bits per heavy atom. The first-order valence-electron chi connectivity index (χ1n) is 7.21. The number of carbonyl (C=O) groups excluding carboxylic acids is 1. The van der Waals surface area contributed by atoms with E-state index in [1.165, 1.54) is 11.0 Å². The lowest BCUT2D eigenvalue weighted by Crippen LogP contribution is -2.14. The molecule has 24 heavy (non-hydrogen) atoms. The number of aromatic nitrogens is 3. The lowest BCUT2D eigenvalue weighted by atomic mass is 10.1. The number of hydrogen-bond acceptors (Lipinski definition) is 4. The second-order valence-corrected chi connectivity index (χ2v) is 5.07. The summed E-state index contributed by atoms with van der Waals surface area (Å²) in [7, 11) is 0. The van der Waals surface area contributed by atoms with E-state index in [2.05, 4.69) is 15.4 Å². The molecule has 2 N–H and O–H groups in total. The van der Waals surface area contributed by atoms with E-state index < -0.39 is 11.9 Å². The maximum Gasteiger partial charge on any atom is 0.307 e. The highest BCUT2D eigenvalue weighted by atomic mass is 16.4. The lowest BCUT2D eigenvalue weighted by Gasteiger charge is -2.04. The number of para-hydroxylation sites is 1. The van der Waals surface area contributed by atoms with Crippen LogP contribution in [0, 0.1) is 0 Å². The number of carboxylic acid groups (broad SMARTS) is 1. The first-order valence-corrected chi connectivity index (χ1v) is 7.21. The van der Waals surface area contributed by atoms with Crippen molar-refractivity contribution in [3.05, 3.63) is 72.3 Å². The van der Waals surface area contributed by atoms with Gasteiger partial charge in [-0.15, -0.1) is 5.10 Å². The molecule has 0 saturated carbocycles. The van der Waals surface area contributed by atoms with Gasteiger partial charge < -0.3 is 10.4 Å². The molecule has 2 aromatic carbocycles. The van der Waals surface area contributed by atoms with Crippen LogP contribution in [0.15, 0.2) is 60.9 Å². The van der Waals surface area contributed by atoms with Crippen LogP contribution >= 0.6 is 0 Å². The van der Waals surface area contributed by atoms with Crippen molar-refractivity contribution in [3.8, 4) is 5.69 Å². The molecule has 1 amide bonds. The van der Waals surface area contributed by atoms with Crippen LogP contribution in [-0.4, -0.2) is 31.7 Å². The molecule has 0 aliphatic carbocycles. The predicted molar refractivity (Wildman–Crippen MR) is 87.1 cm³/mol. The number of rotatable bonds is 5. The van der Waals surface area contributed by atoms with Crippen molar-refractivity contribution in [3.63, 3.8) is 0 Å². The summed E-state index contributed by atoms with van der Waals surface area (Å²) in [5, 5.41) is 15.6. The van der Waals surface area contributed by atoms with Gasteiger partial charge in [-0.2, -0.15) is 0 Å². The van der Waals surface area contributed by atoms with E-state index in [0.29, 0.717) is 11.3 Å². The van der Waals surface area contributed by atoms with Crippen LogP contribution in [0.25, 0.3) is 5.69 Å².